The third-order valence-corrected chi connectivity index (χ3v) is 3.53. The summed E-state index contributed by atoms with van der Waals surface area (Å²) in [7, 11) is 3.16. The van der Waals surface area contributed by atoms with Gasteiger partial charge >= 0.3 is 6.03 Å². The van der Waals surface area contributed by atoms with Crippen LogP contribution in [0.5, 0.6) is 11.5 Å². The Morgan fingerprint density at radius 3 is 2.55 bits per heavy atom. The Morgan fingerprint density at radius 1 is 1.09 bits per heavy atom. The predicted octanol–water partition coefficient (Wildman–Crippen LogP) is 3.79. The molecule has 116 valence electrons. The van der Waals surface area contributed by atoms with E-state index in [1.54, 1.807) is 26.4 Å². The van der Waals surface area contributed by atoms with E-state index >= 15 is 0 Å². The molecule has 22 heavy (non-hydrogen) atoms. The fourth-order valence-corrected chi connectivity index (χ4v) is 2.33. The molecular weight excluding hydrogens is 348 g/mol. The molecule has 0 bridgehead atoms. The van der Waals surface area contributed by atoms with Gasteiger partial charge in [-0.15, -0.1) is 0 Å². The number of para-hydroxylation sites is 1. The van der Waals surface area contributed by atoms with Crippen molar-refractivity contribution in [3.63, 3.8) is 0 Å². The molecular formula is C16H17BrN2O3. The van der Waals surface area contributed by atoms with E-state index in [9.17, 15) is 4.79 Å². The van der Waals surface area contributed by atoms with Crippen molar-refractivity contribution in [2.24, 2.45) is 0 Å². The first kappa shape index (κ1) is 16.2. The van der Waals surface area contributed by atoms with Gasteiger partial charge in [0.1, 0.15) is 11.5 Å². The van der Waals surface area contributed by atoms with Gasteiger partial charge in [0.25, 0.3) is 0 Å². The number of hydrogen-bond acceptors (Lipinski definition) is 3. The van der Waals surface area contributed by atoms with Crippen molar-refractivity contribution in [3.8, 4) is 11.5 Å². The largest absolute Gasteiger partial charge is 0.496 e. The van der Waals surface area contributed by atoms with Crippen LogP contribution in [0, 0.1) is 0 Å². The summed E-state index contributed by atoms with van der Waals surface area (Å²) in [4.78, 5) is 12.0. The van der Waals surface area contributed by atoms with E-state index in [4.69, 9.17) is 9.47 Å². The van der Waals surface area contributed by atoms with Crippen LogP contribution in [0.25, 0.3) is 0 Å². The second-order valence-electron chi connectivity index (χ2n) is 4.46. The monoisotopic (exact) mass is 364 g/mol. The summed E-state index contributed by atoms with van der Waals surface area (Å²) in [6, 6.07) is 12.6. The van der Waals surface area contributed by atoms with Gasteiger partial charge in [-0.2, -0.15) is 0 Å². The van der Waals surface area contributed by atoms with Crippen LogP contribution in [0.3, 0.4) is 0 Å². The van der Waals surface area contributed by atoms with Crippen LogP contribution < -0.4 is 20.1 Å². The molecule has 0 unspecified atom stereocenters. The number of benzene rings is 2. The number of halogens is 1. The van der Waals surface area contributed by atoms with Gasteiger partial charge in [0, 0.05) is 16.6 Å². The number of rotatable bonds is 5. The number of amides is 2. The van der Waals surface area contributed by atoms with Crippen molar-refractivity contribution in [2.45, 2.75) is 6.54 Å². The summed E-state index contributed by atoms with van der Waals surface area (Å²) in [5.41, 5.74) is 1.50. The fraction of sp³-hybridized carbons (Fsp3) is 0.188. The molecule has 0 aliphatic carbocycles. The second kappa shape index (κ2) is 7.70. The molecule has 5 nitrogen and oxygen atoms in total. The summed E-state index contributed by atoms with van der Waals surface area (Å²) < 4.78 is 11.3. The van der Waals surface area contributed by atoms with E-state index in [0.29, 0.717) is 18.0 Å². The van der Waals surface area contributed by atoms with Crippen LogP contribution in [-0.4, -0.2) is 20.3 Å². The first-order chi connectivity index (χ1) is 10.6. The number of methoxy groups -OCH3 is 2. The molecule has 0 saturated heterocycles. The lowest BCUT2D eigenvalue weighted by Gasteiger charge is -2.12. The van der Waals surface area contributed by atoms with Crippen molar-refractivity contribution < 1.29 is 14.3 Å². The summed E-state index contributed by atoms with van der Waals surface area (Å²) in [6.45, 7) is 0.367. The molecule has 0 heterocycles. The molecule has 2 amide bonds. The van der Waals surface area contributed by atoms with Crippen LogP contribution in [0.15, 0.2) is 46.9 Å². The summed E-state index contributed by atoms with van der Waals surface area (Å²) in [6.07, 6.45) is 0. The molecule has 0 atom stereocenters. The molecule has 0 spiro atoms. The van der Waals surface area contributed by atoms with Crippen molar-refractivity contribution in [3.05, 3.63) is 52.5 Å². The molecule has 0 aromatic heterocycles. The molecule has 2 aromatic rings. The van der Waals surface area contributed by atoms with E-state index in [1.165, 1.54) is 0 Å². The zero-order valence-corrected chi connectivity index (χ0v) is 13.9. The molecule has 2 rings (SSSR count). The summed E-state index contributed by atoms with van der Waals surface area (Å²) >= 11 is 3.37. The summed E-state index contributed by atoms with van der Waals surface area (Å²) in [5.74, 6) is 1.33. The Balaban J connectivity index is 2.00. The standard InChI is InChI=1S/C16H17BrN2O3/c1-21-14-6-4-3-5-11(14)10-18-16(20)19-13-9-12(17)7-8-15(13)22-2/h3-9H,10H2,1-2H3,(H2,18,19,20). The molecule has 6 heteroatoms. The van der Waals surface area contributed by atoms with E-state index in [0.717, 1.165) is 15.8 Å². The van der Waals surface area contributed by atoms with Gasteiger partial charge in [-0.05, 0) is 24.3 Å². The van der Waals surface area contributed by atoms with Gasteiger partial charge in [0.15, 0.2) is 0 Å². The number of carbonyl (C=O) groups excluding carboxylic acids is 1. The van der Waals surface area contributed by atoms with Gasteiger partial charge in [0.05, 0.1) is 19.9 Å². The van der Waals surface area contributed by atoms with Crippen LogP contribution in [0.4, 0.5) is 10.5 Å². The summed E-state index contributed by atoms with van der Waals surface area (Å²) in [5, 5.41) is 5.56. The van der Waals surface area contributed by atoms with E-state index < -0.39 is 0 Å². The number of nitrogens with one attached hydrogen (secondary N) is 2. The van der Waals surface area contributed by atoms with Gasteiger partial charge in [-0.3, -0.25) is 0 Å². The smallest absolute Gasteiger partial charge is 0.319 e. The van der Waals surface area contributed by atoms with Crippen molar-refractivity contribution >= 4 is 27.6 Å². The van der Waals surface area contributed by atoms with Crippen molar-refractivity contribution in [1.82, 2.24) is 5.32 Å². The topological polar surface area (TPSA) is 59.6 Å². The third-order valence-electron chi connectivity index (χ3n) is 3.04. The fourth-order valence-electron chi connectivity index (χ4n) is 1.97. The second-order valence-corrected chi connectivity index (χ2v) is 5.38. The van der Waals surface area contributed by atoms with Crippen LogP contribution in [0.1, 0.15) is 5.56 Å². The molecule has 0 aliphatic rings. The number of anilines is 1. The molecule has 2 N–H and O–H groups in total. The molecule has 0 fully saturated rings. The predicted molar refractivity (Wildman–Crippen MR) is 89.5 cm³/mol. The highest BCUT2D eigenvalue weighted by atomic mass is 79.9. The first-order valence-electron chi connectivity index (χ1n) is 6.64. The number of carbonyl (C=O) groups is 1. The van der Waals surface area contributed by atoms with Crippen LogP contribution in [-0.2, 0) is 6.54 Å². The highest BCUT2D eigenvalue weighted by Gasteiger charge is 2.09. The Labute approximate surface area is 137 Å². The van der Waals surface area contributed by atoms with E-state index in [2.05, 4.69) is 26.6 Å². The first-order valence-corrected chi connectivity index (χ1v) is 7.43. The van der Waals surface area contributed by atoms with Gasteiger partial charge in [0.2, 0.25) is 0 Å². The van der Waals surface area contributed by atoms with E-state index in [-0.39, 0.29) is 6.03 Å². The normalized spacial score (nSPS) is 9.95. The highest BCUT2D eigenvalue weighted by molar-refractivity contribution is 9.10. The SMILES string of the molecule is COc1ccccc1CNC(=O)Nc1cc(Br)ccc1OC. The van der Waals surface area contributed by atoms with Gasteiger partial charge in [-0.1, -0.05) is 34.1 Å². The van der Waals surface area contributed by atoms with Gasteiger partial charge in [-0.25, -0.2) is 4.79 Å². The molecule has 0 radical (unpaired) electrons. The van der Waals surface area contributed by atoms with Crippen LogP contribution in [0.2, 0.25) is 0 Å². The quantitative estimate of drug-likeness (QED) is 0.848. The molecule has 0 saturated carbocycles. The lowest BCUT2D eigenvalue weighted by atomic mass is 10.2. The molecule has 2 aromatic carbocycles. The number of hydrogen-bond donors (Lipinski definition) is 2. The van der Waals surface area contributed by atoms with Crippen molar-refractivity contribution in [2.75, 3.05) is 19.5 Å². The number of urea groups is 1. The maximum Gasteiger partial charge on any atom is 0.319 e. The number of ether oxygens (including phenoxy) is 2. The Bertz CT molecular complexity index is 662. The van der Waals surface area contributed by atoms with E-state index in [1.807, 2.05) is 30.3 Å². The zero-order valence-electron chi connectivity index (χ0n) is 12.4. The minimum absolute atomic E-state index is 0.317. The zero-order chi connectivity index (χ0) is 15.9. The average Bonchev–Trinajstić information content (AvgIpc) is 2.53. The van der Waals surface area contributed by atoms with Crippen molar-refractivity contribution in [1.29, 1.82) is 0 Å². The maximum absolute atomic E-state index is 12.0. The lowest BCUT2D eigenvalue weighted by molar-refractivity contribution is 0.251. The average molecular weight is 365 g/mol. The Morgan fingerprint density at radius 2 is 1.82 bits per heavy atom. The Kier molecular flexibility index (Phi) is 5.66. The molecule has 0 aliphatic heterocycles. The maximum atomic E-state index is 12.0. The Hall–Kier alpha value is -2.21. The lowest BCUT2D eigenvalue weighted by Crippen LogP contribution is -2.28. The van der Waals surface area contributed by atoms with Gasteiger partial charge < -0.3 is 20.1 Å². The highest BCUT2D eigenvalue weighted by Crippen LogP contribution is 2.27. The van der Waals surface area contributed by atoms with Crippen LogP contribution >= 0.6 is 15.9 Å². The minimum Gasteiger partial charge on any atom is -0.496 e. The minimum atomic E-state index is -0.317. The third kappa shape index (κ3) is 4.14.